The average Bonchev–Trinajstić information content (AvgIpc) is 2.89. The normalized spacial score (nSPS) is 12.2. The molecule has 0 spiro atoms. The lowest BCUT2D eigenvalue weighted by molar-refractivity contribution is -0.385. The molecule has 1 aromatic carbocycles. The summed E-state index contributed by atoms with van der Waals surface area (Å²) in [6.07, 6.45) is 0. The van der Waals surface area contributed by atoms with E-state index in [1.807, 2.05) is 13.8 Å². The summed E-state index contributed by atoms with van der Waals surface area (Å²) in [6.45, 7) is 5.41. The van der Waals surface area contributed by atoms with Crippen molar-refractivity contribution in [3.8, 4) is 5.75 Å². The SMILES string of the molecule is Cc1noc([C@H](NC(=O)c2ccc([N+](=O)[O-])c(O)c2)C(C)C)n1. The molecule has 0 aliphatic heterocycles. The molecule has 23 heavy (non-hydrogen) atoms. The van der Waals surface area contributed by atoms with Crippen molar-refractivity contribution in [2.75, 3.05) is 0 Å². The van der Waals surface area contributed by atoms with Crippen LogP contribution in [-0.4, -0.2) is 26.1 Å². The van der Waals surface area contributed by atoms with Crippen LogP contribution in [0, 0.1) is 23.0 Å². The molecule has 2 N–H and O–H groups in total. The smallest absolute Gasteiger partial charge is 0.310 e. The molecule has 0 bridgehead atoms. The number of nitrogens with one attached hydrogen (secondary N) is 1. The first kappa shape index (κ1) is 16.4. The number of amides is 1. The van der Waals surface area contributed by atoms with E-state index in [4.69, 9.17) is 4.52 Å². The minimum Gasteiger partial charge on any atom is -0.502 e. The fraction of sp³-hybridized carbons (Fsp3) is 0.357. The quantitative estimate of drug-likeness (QED) is 0.637. The topological polar surface area (TPSA) is 131 Å². The van der Waals surface area contributed by atoms with Crippen LogP contribution in [0.1, 0.15) is 42.0 Å². The summed E-state index contributed by atoms with van der Waals surface area (Å²) in [4.78, 5) is 26.3. The van der Waals surface area contributed by atoms with Gasteiger partial charge >= 0.3 is 5.69 Å². The van der Waals surface area contributed by atoms with E-state index in [1.54, 1.807) is 6.92 Å². The third-order valence-electron chi connectivity index (χ3n) is 3.20. The van der Waals surface area contributed by atoms with Gasteiger partial charge in [0.15, 0.2) is 11.6 Å². The van der Waals surface area contributed by atoms with Gasteiger partial charge in [-0.3, -0.25) is 14.9 Å². The fourth-order valence-corrected chi connectivity index (χ4v) is 2.00. The van der Waals surface area contributed by atoms with Crippen molar-refractivity contribution < 1.29 is 19.3 Å². The molecule has 0 saturated heterocycles. The molecule has 0 fully saturated rings. The largest absolute Gasteiger partial charge is 0.502 e. The average molecular weight is 320 g/mol. The molecule has 0 unspecified atom stereocenters. The second-order valence-electron chi connectivity index (χ2n) is 5.34. The van der Waals surface area contributed by atoms with Crippen LogP contribution in [0.4, 0.5) is 5.69 Å². The predicted molar refractivity (Wildman–Crippen MR) is 78.8 cm³/mol. The fourth-order valence-electron chi connectivity index (χ4n) is 2.00. The molecule has 2 rings (SSSR count). The van der Waals surface area contributed by atoms with Crippen LogP contribution in [0.5, 0.6) is 5.75 Å². The van der Waals surface area contributed by atoms with Crippen LogP contribution in [0.15, 0.2) is 22.7 Å². The molecule has 1 aromatic heterocycles. The van der Waals surface area contributed by atoms with E-state index in [2.05, 4.69) is 15.5 Å². The third kappa shape index (κ3) is 3.62. The Morgan fingerprint density at radius 1 is 1.43 bits per heavy atom. The van der Waals surface area contributed by atoms with Crippen LogP contribution in [0.25, 0.3) is 0 Å². The number of phenolic OH excluding ortho intramolecular Hbond substituents is 1. The van der Waals surface area contributed by atoms with Gasteiger partial charge in [0, 0.05) is 11.6 Å². The first-order valence-electron chi connectivity index (χ1n) is 6.88. The third-order valence-corrected chi connectivity index (χ3v) is 3.20. The van der Waals surface area contributed by atoms with Crippen LogP contribution in [-0.2, 0) is 0 Å². The Bertz CT molecular complexity index is 741. The summed E-state index contributed by atoms with van der Waals surface area (Å²) in [5.41, 5.74) is -0.371. The minimum atomic E-state index is -0.727. The Hall–Kier alpha value is -2.97. The summed E-state index contributed by atoms with van der Waals surface area (Å²) >= 11 is 0. The molecule has 1 atom stereocenters. The number of nitro benzene ring substituents is 1. The van der Waals surface area contributed by atoms with Gasteiger partial charge in [0.1, 0.15) is 6.04 Å². The van der Waals surface area contributed by atoms with Gasteiger partial charge in [0.25, 0.3) is 5.91 Å². The molecule has 9 heteroatoms. The highest BCUT2D eigenvalue weighted by Crippen LogP contribution is 2.27. The van der Waals surface area contributed by atoms with Gasteiger partial charge in [-0.05, 0) is 25.0 Å². The van der Waals surface area contributed by atoms with Crippen LogP contribution in [0.3, 0.4) is 0 Å². The molecule has 0 aliphatic rings. The van der Waals surface area contributed by atoms with Crippen molar-refractivity contribution in [1.82, 2.24) is 15.5 Å². The maximum absolute atomic E-state index is 12.3. The van der Waals surface area contributed by atoms with Crippen molar-refractivity contribution >= 4 is 11.6 Å². The number of aromatic hydroxyl groups is 1. The molecule has 2 aromatic rings. The highest BCUT2D eigenvalue weighted by molar-refractivity contribution is 5.95. The second-order valence-corrected chi connectivity index (χ2v) is 5.34. The van der Waals surface area contributed by atoms with Crippen molar-refractivity contribution in [2.45, 2.75) is 26.8 Å². The molecule has 0 aliphatic carbocycles. The number of nitro groups is 1. The first-order valence-corrected chi connectivity index (χ1v) is 6.88. The highest BCUT2D eigenvalue weighted by atomic mass is 16.6. The lowest BCUT2D eigenvalue weighted by Gasteiger charge is -2.18. The zero-order chi connectivity index (χ0) is 17.1. The zero-order valence-electron chi connectivity index (χ0n) is 12.8. The van der Waals surface area contributed by atoms with E-state index in [-0.39, 0.29) is 17.4 Å². The zero-order valence-corrected chi connectivity index (χ0v) is 12.8. The molecule has 1 amide bonds. The number of hydrogen-bond donors (Lipinski definition) is 2. The molecular weight excluding hydrogens is 304 g/mol. The van der Waals surface area contributed by atoms with E-state index >= 15 is 0 Å². The Labute approximate surface area is 131 Å². The molecule has 0 radical (unpaired) electrons. The number of aromatic nitrogens is 2. The van der Waals surface area contributed by atoms with E-state index < -0.39 is 28.3 Å². The number of phenols is 1. The molecule has 0 saturated carbocycles. The van der Waals surface area contributed by atoms with Gasteiger partial charge in [-0.15, -0.1) is 0 Å². The summed E-state index contributed by atoms with van der Waals surface area (Å²) in [5.74, 6) is -0.377. The lowest BCUT2D eigenvalue weighted by atomic mass is 10.0. The maximum Gasteiger partial charge on any atom is 0.310 e. The van der Waals surface area contributed by atoms with Crippen molar-refractivity contribution in [3.05, 3.63) is 45.6 Å². The van der Waals surface area contributed by atoms with Crippen LogP contribution >= 0.6 is 0 Å². The van der Waals surface area contributed by atoms with E-state index in [9.17, 15) is 20.0 Å². The molecule has 122 valence electrons. The van der Waals surface area contributed by atoms with Crippen LogP contribution < -0.4 is 5.32 Å². The Kier molecular flexibility index (Phi) is 4.58. The predicted octanol–water partition coefficient (Wildman–Crippen LogP) is 2.12. The number of carbonyl (C=O) groups excluding carboxylic acids is 1. The number of hydrogen-bond acceptors (Lipinski definition) is 7. The van der Waals surface area contributed by atoms with Crippen LogP contribution in [0.2, 0.25) is 0 Å². The van der Waals surface area contributed by atoms with Gasteiger partial charge in [-0.25, -0.2) is 0 Å². The minimum absolute atomic E-state index is 0.0227. The van der Waals surface area contributed by atoms with Gasteiger partial charge in [0.2, 0.25) is 5.89 Å². The van der Waals surface area contributed by atoms with E-state index in [0.717, 1.165) is 12.1 Å². The van der Waals surface area contributed by atoms with E-state index in [0.29, 0.717) is 5.82 Å². The first-order chi connectivity index (χ1) is 10.8. The van der Waals surface area contributed by atoms with Crippen molar-refractivity contribution in [2.24, 2.45) is 5.92 Å². The highest BCUT2D eigenvalue weighted by Gasteiger charge is 2.25. The Morgan fingerprint density at radius 3 is 2.61 bits per heavy atom. The number of benzene rings is 1. The Balaban J connectivity index is 2.22. The number of rotatable bonds is 5. The van der Waals surface area contributed by atoms with E-state index in [1.165, 1.54) is 6.07 Å². The maximum atomic E-state index is 12.3. The van der Waals surface area contributed by atoms with Gasteiger partial charge in [-0.1, -0.05) is 19.0 Å². The van der Waals surface area contributed by atoms with Gasteiger partial charge in [0.05, 0.1) is 4.92 Å². The summed E-state index contributed by atoms with van der Waals surface area (Å²) in [6, 6.07) is 2.87. The van der Waals surface area contributed by atoms with Crippen molar-refractivity contribution in [1.29, 1.82) is 0 Å². The summed E-state index contributed by atoms with van der Waals surface area (Å²) < 4.78 is 5.08. The van der Waals surface area contributed by atoms with Gasteiger partial charge in [-0.2, -0.15) is 4.98 Å². The monoisotopic (exact) mass is 320 g/mol. The van der Waals surface area contributed by atoms with Crippen molar-refractivity contribution in [3.63, 3.8) is 0 Å². The Morgan fingerprint density at radius 2 is 2.13 bits per heavy atom. The standard InChI is InChI=1S/C14H16N4O5/c1-7(2)12(14-15-8(3)17-23-14)16-13(20)9-4-5-10(18(21)22)11(19)6-9/h4-7,12,19H,1-3H3,(H,16,20)/t12-/m1/s1. The molecular formula is C14H16N4O5. The van der Waals surface area contributed by atoms with Gasteiger partial charge < -0.3 is 14.9 Å². The summed E-state index contributed by atoms with van der Waals surface area (Å²) in [7, 11) is 0. The lowest BCUT2D eigenvalue weighted by Crippen LogP contribution is -2.32. The molecule has 1 heterocycles. The number of aryl methyl sites for hydroxylation is 1. The number of nitrogens with zero attached hydrogens (tertiary/aromatic N) is 3. The summed E-state index contributed by atoms with van der Waals surface area (Å²) in [5, 5.41) is 26.7. The number of carbonyl (C=O) groups is 1. The second kappa shape index (κ2) is 6.42. The molecule has 9 nitrogen and oxygen atoms in total.